The van der Waals surface area contributed by atoms with Gasteiger partial charge >= 0.3 is 0 Å². The molecule has 0 amide bonds. The average Bonchev–Trinajstić information content (AvgIpc) is 2.90. The number of nitrogens with two attached hydrogens (primary N) is 1. The lowest BCUT2D eigenvalue weighted by Crippen LogP contribution is -2.37. The van der Waals surface area contributed by atoms with E-state index in [1.807, 2.05) is 24.3 Å². The molecule has 2 N–H and O–H groups in total. The van der Waals surface area contributed by atoms with Crippen molar-refractivity contribution in [3.63, 3.8) is 0 Å². The molecule has 0 saturated carbocycles. The Kier molecular flexibility index (Phi) is 5.35. The molecule has 1 aromatic rings. The van der Waals surface area contributed by atoms with Crippen molar-refractivity contribution in [3.05, 3.63) is 24.3 Å². The highest BCUT2D eigenvalue weighted by Crippen LogP contribution is 2.25. The Morgan fingerprint density at radius 2 is 2.05 bits per heavy atom. The van der Waals surface area contributed by atoms with Gasteiger partial charge in [0.2, 0.25) is 10.0 Å². The molecule has 0 bridgehead atoms. The standard InChI is InChI=1S/C14H22N2O2S2/c1-2-13-4-3-9-16(13)20(17,18)11-10-19-14-7-5-12(15)6-8-14/h5-8,13H,2-4,9-11,15H2,1H3. The lowest BCUT2D eigenvalue weighted by Gasteiger charge is -2.22. The lowest BCUT2D eigenvalue weighted by molar-refractivity contribution is 0.380. The van der Waals surface area contributed by atoms with E-state index >= 15 is 0 Å². The van der Waals surface area contributed by atoms with Crippen molar-refractivity contribution in [1.29, 1.82) is 0 Å². The van der Waals surface area contributed by atoms with Gasteiger partial charge in [-0.05, 0) is 43.5 Å². The predicted octanol–water partition coefficient (Wildman–Crippen LogP) is 2.57. The second-order valence-electron chi connectivity index (χ2n) is 5.05. The van der Waals surface area contributed by atoms with Crippen molar-refractivity contribution >= 4 is 27.5 Å². The first-order valence-corrected chi connectivity index (χ1v) is 9.60. The van der Waals surface area contributed by atoms with Gasteiger partial charge in [-0.2, -0.15) is 4.31 Å². The van der Waals surface area contributed by atoms with Gasteiger partial charge in [0.1, 0.15) is 0 Å². The maximum Gasteiger partial charge on any atom is 0.215 e. The van der Waals surface area contributed by atoms with Gasteiger partial charge in [0, 0.05) is 28.9 Å². The van der Waals surface area contributed by atoms with Crippen LogP contribution in [0.4, 0.5) is 5.69 Å². The fourth-order valence-electron chi connectivity index (χ4n) is 2.53. The van der Waals surface area contributed by atoms with Crippen LogP contribution in [-0.4, -0.2) is 36.8 Å². The SMILES string of the molecule is CCC1CCCN1S(=O)(=O)CCSc1ccc(N)cc1. The lowest BCUT2D eigenvalue weighted by atomic mass is 10.2. The summed E-state index contributed by atoms with van der Waals surface area (Å²) in [5.41, 5.74) is 6.35. The maximum absolute atomic E-state index is 12.3. The number of sulfonamides is 1. The Balaban J connectivity index is 1.88. The molecule has 112 valence electrons. The number of thioether (sulfide) groups is 1. The second kappa shape index (κ2) is 6.83. The second-order valence-corrected chi connectivity index (χ2v) is 8.26. The summed E-state index contributed by atoms with van der Waals surface area (Å²) in [6.45, 7) is 2.75. The van der Waals surface area contributed by atoms with E-state index in [0.717, 1.165) is 29.8 Å². The van der Waals surface area contributed by atoms with Crippen molar-refractivity contribution in [2.45, 2.75) is 37.1 Å². The molecule has 0 aromatic heterocycles. The van der Waals surface area contributed by atoms with Gasteiger partial charge in [-0.15, -0.1) is 11.8 Å². The number of hydrogen-bond acceptors (Lipinski definition) is 4. The van der Waals surface area contributed by atoms with Crippen LogP contribution in [0, 0.1) is 0 Å². The van der Waals surface area contributed by atoms with Crippen LogP contribution in [0.2, 0.25) is 0 Å². The van der Waals surface area contributed by atoms with Crippen LogP contribution < -0.4 is 5.73 Å². The molecule has 0 aliphatic carbocycles. The van der Waals surface area contributed by atoms with Gasteiger partial charge in [-0.3, -0.25) is 0 Å². The molecule has 1 aromatic carbocycles. The van der Waals surface area contributed by atoms with Crippen LogP contribution in [0.5, 0.6) is 0 Å². The topological polar surface area (TPSA) is 63.4 Å². The Morgan fingerprint density at radius 1 is 1.35 bits per heavy atom. The summed E-state index contributed by atoms with van der Waals surface area (Å²) in [6.07, 6.45) is 2.90. The molecule has 4 nitrogen and oxygen atoms in total. The fraction of sp³-hybridized carbons (Fsp3) is 0.571. The Hall–Kier alpha value is -0.720. The zero-order chi connectivity index (χ0) is 14.6. The largest absolute Gasteiger partial charge is 0.399 e. The summed E-state index contributed by atoms with van der Waals surface area (Å²) >= 11 is 1.56. The Bertz CT molecular complexity index is 529. The van der Waals surface area contributed by atoms with Gasteiger partial charge in [0.05, 0.1) is 5.75 Å². The van der Waals surface area contributed by atoms with Crippen LogP contribution in [0.1, 0.15) is 26.2 Å². The van der Waals surface area contributed by atoms with E-state index in [2.05, 4.69) is 6.92 Å². The fourth-order valence-corrected chi connectivity index (χ4v) is 5.62. The van der Waals surface area contributed by atoms with E-state index in [-0.39, 0.29) is 11.8 Å². The van der Waals surface area contributed by atoms with Crippen LogP contribution in [0.15, 0.2) is 29.2 Å². The molecule has 1 aliphatic rings. The molecule has 1 unspecified atom stereocenters. The van der Waals surface area contributed by atoms with Gasteiger partial charge in [-0.25, -0.2) is 8.42 Å². The number of nitrogen functional groups attached to an aromatic ring is 1. The zero-order valence-corrected chi connectivity index (χ0v) is 13.4. The summed E-state index contributed by atoms with van der Waals surface area (Å²) < 4.78 is 26.4. The molecule has 1 saturated heterocycles. The molecule has 1 heterocycles. The third-order valence-corrected chi connectivity index (χ3v) is 6.83. The molecule has 2 rings (SSSR count). The van der Waals surface area contributed by atoms with Crippen LogP contribution in [-0.2, 0) is 10.0 Å². The van der Waals surface area contributed by atoms with E-state index in [0.29, 0.717) is 12.3 Å². The molecule has 1 aliphatic heterocycles. The summed E-state index contributed by atoms with van der Waals surface area (Å²) in [5, 5.41) is 0. The third kappa shape index (κ3) is 3.90. The predicted molar refractivity (Wildman–Crippen MR) is 85.4 cm³/mol. The average molecular weight is 314 g/mol. The van der Waals surface area contributed by atoms with E-state index in [9.17, 15) is 8.42 Å². The number of rotatable bonds is 6. The zero-order valence-electron chi connectivity index (χ0n) is 11.8. The molecule has 20 heavy (non-hydrogen) atoms. The molecule has 6 heteroatoms. The van der Waals surface area contributed by atoms with E-state index in [4.69, 9.17) is 5.73 Å². The molecular weight excluding hydrogens is 292 g/mol. The highest BCUT2D eigenvalue weighted by atomic mass is 32.2. The smallest absolute Gasteiger partial charge is 0.215 e. The number of anilines is 1. The van der Waals surface area contributed by atoms with Crippen molar-refractivity contribution in [2.24, 2.45) is 0 Å². The first-order valence-electron chi connectivity index (χ1n) is 7.01. The van der Waals surface area contributed by atoms with Crippen molar-refractivity contribution in [2.75, 3.05) is 23.8 Å². The molecule has 0 radical (unpaired) electrons. The third-order valence-electron chi connectivity index (χ3n) is 3.64. The molecule has 0 spiro atoms. The van der Waals surface area contributed by atoms with Gasteiger partial charge in [-0.1, -0.05) is 6.92 Å². The van der Waals surface area contributed by atoms with Crippen molar-refractivity contribution in [1.82, 2.24) is 4.31 Å². The maximum atomic E-state index is 12.3. The monoisotopic (exact) mass is 314 g/mol. The van der Waals surface area contributed by atoms with E-state index in [1.54, 1.807) is 16.1 Å². The molecule has 1 atom stereocenters. The normalized spacial score (nSPS) is 20.4. The Labute approximate surface area is 125 Å². The quantitative estimate of drug-likeness (QED) is 0.647. The van der Waals surface area contributed by atoms with Crippen LogP contribution in [0.3, 0.4) is 0 Å². The number of hydrogen-bond donors (Lipinski definition) is 1. The van der Waals surface area contributed by atoms with Crippen molar-refractivity contribution < 1.29 is 8.42 Å². The van der Waals surface area contributed by atoms with E-state index < -0.39 is 10.0 Å². The number of benzene rings is 1. The minimum Gasteiger partial charge on any atom is -0.399 e. The summed E-state index contributed by atoms with van der Waals surface area (Å²) in [5.74, 6) is 0.789. The summed E-state index contributed by atoms with van der Waals surface area (Å²) in [7, 11) is -3.11. The highest BCUT2D eigenvalue weighted by molar-refractivity contribution is 8.00. The first-order chi connectivity index (χ1) is 9.53. The molecule has 1 fully saturated rings. The van der Waals surface area contributed by atoms with E-state index in [1.165, 1.54) is 0 Å². The van der Waals surface area contributed by atoms with Crippen LogP contribution in [0.25, 0.3) is 0 Å². The summed E-state index contributed by atoms with van der Waals surface area (Å²) in [4.78, 5) is 1.06. The minimum absolute atomic E-state index is 0.207. The first kappa shape index (κ1) is 15.7. The molecular formula is C14H22N2O2S2. The number of nitrogens with zero attached hydrogens (tertiary/aromatic N) is 1. The van der Waals surface area contributed by atoms with Gasteiger partial charge in [0.15, 0.2) is 0 Å². The van der Waals surface area contributed by atoms with Gasteiger partial charge in [0.25, 0.3) is 0 Å². The highest BCUT2D eigenvalue weighted by Gasteiger charge is 2.32. The Morgan fingerprint density at radius 3 is 2.70 bits per heavy atom. The van der Waals surface area contributed by atoms with Crippen molar-refractivity contribution in [3.8, 4) is 0 Å². The minimum atomic E-state index is -3.11. The summed E-state index contributed by atoms with van der Waals surface area (Å²) in [6, 6.07) is 7.74. The van der Waals surface area contributed by atoms with Gasteiger partial charge < -0.3 is 5.73 Å². The van der Waals surface area contributed by atoms with Crippen LogP contribution >= 0.6 is 11.8 Å².